The van der Waals surface area contributed by atoms with E-state index in [4.69, 9.17) is 10.5 Å². The van der Waals surface area contributed by atoms with Crippen LogP contribution < -0.4 is 10.2 Å². The van der Waals surface area contributed by atoms with Gasteiger partial charge in [0.15, 0.2) is 30.0 Å². The third-order valence-electron chi connectivity index (χ3n) is 5.21. The summed E-state index contributed by atoms with van der Waals surface area (Å²) in [5.74, 6) is 0.366. The Hall–Kier alpha value is -1.99. The van der Waals surface area contributed by atoms with Gasteiger partial charge in [-0.3, -0.25) is 0 Å². The van der Waals surface area contributed by atoms with Crippen molar-refractivity contribution in [2.75, 3.05) is 12.3 Å². The molecule has 7 N–H and O–H groups in total. The Morgan fingerprint density at radius 3 is 2.46 bits per heavy atom. The molecule has 0 amide bonds. The molecule has 4 rings (SSSR count). The maximum atomic E-state index is 10.6. The summed E-state index contributed by atoms with van der Waals surface area (Å²) in [7, 11) is 0. The Balaban J connectivity index is 1.88. The van der Waals surface area contributed by atoms with Crippen molar-refractivity contribution in [2.45, 2.75) is 42.8 Å². The first-order valence-electron chi connectivity index (χ1n) is 8.13. The van der Waals surface area contributed by atoms with E-state index >= 15 is 0 Å². The zero-order valence-corrected chi connectivity index (χ0v) is 13.6. The number of aliphatic imine (C=N–C) groups is 1. The number of nitrogens with two attached hydrogens (primary N) is 1. The SMILES string of the molecule is Nc1ncnc2c1N=C[N+]2(C1C=C[C@H](O)[C@H]1O)[C@@H]1O[C@H](CO)[C@@H](O)[C@H]1O. The van der Waals surface area contributed by atoms with E-state index in [-0.39, 0.29) is 17.3 Å². The van der Waals surface area contributed by atoms with Crippen LogP contribution in [0.4, 0.5) is 17.3 Å². The lowest BCUT2D eigenvalue weighted by Crippen LogP contribution is -2.67. The van der Waals surface area contributed by atoms with Gasteiger partial charge in [-0.1, -0.05) is 6.08 Å². The second-order valence-electron chi connectivity index (χ2n) is 6.60. The molecule has 1 fully saturated rings. The van der Waals surface area contributed by atoms with Gasteiger partial charge in [0.1, 0.15) is 30.7 Å². The van der Waals surface area contributed by atoms with Crippen LogP contribution in [0.25, 0.3) is 0 Å². The van der Waals surface area contributed by atoms with Crippen molar-refractivity contribution < 1.29 is 30.3 Å². The number of ether oxygens (including phenoxy) is 1. The maximum absolute atomic E-state index is 10.6. The molecule has 11 heteroatoms. The third kappa shape index (κ3) is 2.16. The molecule has 0 spiro atoms. The van der Waals surface area contributed by atoms with Crippen molar-refractivity contribution in [1.82, 2.24) is 14.5 Å². The Morgan fingerprint density at radius 1 is 1.08 bits per heavy atom. The van der Waals surface area contributed by atoms with E-state index in [0.717, 1.165) is 0 Å². The molecule has 3 heterocycles. The first-order valence-corrected chi connectivity index (χ1v) is 8.13. The largest absolute Gasteiger partial charge is 0.394 e. The quantitative estimate of drug-likeness (QED) is 0.243. The van der Waals surface area contributed by atoms with E-state index in [1.165, 1.54) is 18.7 Å². The van der Waals surface area contributed by atoms with Crippen molar-refractivity contribution in [3.8, 4) is 0 Å². The zero-order valence-electron chi connectivity index (χ0n) is 13.6. The van der Waals surface area contributed by atoms with E-state index in [2.05, 4.69) is 15.0 Å². The van der Waals surface area contributed by atoms with Gasteiger partial charge in [0.05, 0.1) is 6.61 Å². The zero-order chi connectivity index (χ0) is 18.6. The number of fused-ring (bicyclic) bond motifs is 1. The highest BCUT2D eigenvalue weighted by atomic mass is 16.6. The number of quaternary nitrogens is 1. The highest BCUT2D eigenvalue weighted by Crippen LogP contribution is 2.47. The molecule has 1 aromatic rings. The summed E-state index contributed by atoms with van der Waals surface area (Å²) < 4.78 is 5.29. The van der Waals surface area contributed by atoms with Crippen molar-refractivity contribution in [3.63, 3.8) is 0 Å². The number of aliphatic hydroxyl groups excluding tert-OH is 5. The third-order valence-corrected chi connectivity index (χ3v) is 5.21. The average molecular weight is 366 g/mol. The van der Waals surface area contributed by atoms with Crippen LogP contribution in [0, 0.1) is 0 Å². The minimum absolute atomic E-state index is 0.106. The monoisotopic (exact) mass is 366 g/mol. The fraction of sp³-hybridized carbons (Fsp3) is 0.533. The second-order valence-corrected chi connectivity index (χ2v) is 6.60. The molecule has 0 radical (unpaired) electrons. The van der Waals surface area contributed by atoms with Gasteiger partial charge in [0, 0.05) is 0 Å². The average Bonchev–Trinajstić information content (AvgIpc) is 3.26. The summed E-state index contributed by atoms with van der Waals surface area (Å²) >= 11 is 0. The van der Waals surface area contributed by atoms with Gasteiger partial charge in [0.2, 0.25) is 6.23 Å². The molecular formula is C15H20N5O6+. The Labute approximate surface area is 147 Å². The molecule has 3 aliphatic rings. The van der Waals surface area contributed by atoms with Crippen LogP contribution in [0.5, 0.6) is 0 Å². The molecule has 1 aromatic heterocycles. The minimum Gasteiger partial charge on any atom is -0.394 e. The Kier molecular flexibility index (Phi) is 4.04. The number of nitrogen functional groups attached to an aromatic ring is 1. The lowest BCUT2D eigenvalue weighted by atomic mass is 10.0. The number of hydrogen-bond acceptors (Lipinski definition) is 10. The molecule has 11 nitrogen and oxygen atoms in total. The van der Waals surface area contributed by atoms with Crippen LogP contribution in [0.2, 0.25) is 0 Å². The number of nitrogens with zero attached hydrogens (tertiary/aromatic N) is 4. The van der Waals surface area contributed by atoms with Gasteiger partial charge in [-0.2, -0.15) is 14.5 Å². The maximum Gasteiger partial charge on any atom is 0.268 e. The summed E-state index contributed by atoms with van der Waals surface area (Å²) in [5.41, 5.74) is 6.13. The highest BCUT2D eigenvalue weighted by Gasteiger charge is 2.62. The molecule has 0 saturated carbocycles. The van der Waals surface area contributed by atoms with Crippen LogP contribution >= 0.6 is 0 Å². The number of aliphatic hydroxyl groups is 5. The van der Waals surface area contributed by atoms with E-state index in [0.29, 0.717) is 0 Å². The smallest absolute Gasteiger partial charge is 0.268 e. The Morgan fingerprint density at radius 2 is 1.85 bits per heavy atom. The van der Waals surface area contributed by atoms with Crippen LogP contribution in [0.3, 0.4) is 0 Å². The standard InChI is InChI=1S/C15H20N5O6/c16-13-9-14(18-4-17-13)20(5-19-9,6-1-2-7(22)10(6)23)15-12(25)11(24)8(3-21)26-15/h1-2,4-8,10-12,15,21-25H,3H2,(H2,16,17,18)/q+1/t6?,7-,8+,10-,11+,12+,15+,20?/m0/s1. The predicted octanol–water partition coefficient (Wildman–Crippen LogP) is -2.86. The number of rotatable bonds is 3. The van der Waals surface area contributed by atoms with Crippen LogP contribution in [-0.2, 0) is 4.74 Å². The van der Waals surface area contributed by atoms with Gasteiger partial charge < -0.3 is 36.0 Å². The number of aromatic nitrogens is 2. The molecule has 1 aliphatic carbocycles. The second kappa shape index (κ2) is 6.03. The van der Waals surface area contributed by atoms with Crippen LogP contribution in [0.15, 0.2) is 23.5 Å². The first kappa shape index (κ1) is 17.4. The van der Waals surface area contributed by atoms with Crippen molar-refractivity contribution in [3.05, 3.63) is 18.5 Å². The molecule has 1 saturated heterocycles. The van der Waals surface area contributed by atoms with Crippen LogP contribution in [-0.4, -0.2) is 91.2 Å². The molecule has 0 bridgehead atoms. The van der Waals surface area contributed by atoms with Gasteiger partial charge in [0.25, 0.3) is 5.82 Å². The summed E-state index contributed by atoms with van der Waals surface area (Å²) in [6.07, 6.45) is -1.65. The van der Waals surface area contributed by atoms with Gasteiger partial charge in [-0.25, -0.2) is 4.98 Å². The van der Waals surface area contributed by atoms with Gasteiger partial charge in [-0.15, -0.1) is 0 Å². The molecule has 2 unspecified atom stereocenters. The molecule has 140 valence electrons. The number of hydrogen-bond donors (Lipinski definition) is 6. The summed E-state index contributed by atoms with van der Waals surface area (Å²) in [6.45, 7) is -0.504. The topological polar surface area (TPSA) is 175 Å². The fourth-order valence-corrected chi connectivity index (χ4v) is 3.86. The van der Waals surface area contributed by atoms with Gasteiger partial charge in [-0.05, 0) is 6.08 Å². The summed E-state index contributed by atoms with van der Waals surface area (Å²) in [4.78, 5) is 12.4. The minimum atomic E-state index is -1.40. The molecule has 0 aromatic carbocycles. The fourth-order valence-electron chi connectivity index (χ4n) is 3.86. The predicted molar refractivity (Wildman–Crippen MR) is 89.1 cm³/mol. The molecule has 2 aliphatic heterocycles. The summed E-state index contributed by atoms with van der Waals surface area (Å²) in [5, 5.41) is 50.6. The van der Waals surface area contributed by atoms with Crippen molar-refractivity contribution in [2.24, 2.45) is 4.99 Å². The highest BCUT2D eigenvalue weighted by molar-refractivity contribution is 5.92. The van der Waals surface area contributed by atoms with Crippen molar-refractivity contribution in [1.29, 1.82) is 0 Å². The molecule has 26 heavy (non-hydrogen) atoms. The first-order chi connectivity index (χ1) is 12.4. The molecular weight excluding hydrogens is 346 g/mol. The normalized spacial score (nSPS) is 44.0. The van der Waals surface area contributed by atoms with E-state index in [9.17, 15) is 25.5 Å². The lowest BCUT2D eigenvalue weighted by Gasteiger charge is -2.41. The van der Waals surface area contributed by atoms with Gasteiger partial charge >= 0.3 is 0 Å². The van der Waals surface area contributed by atoms with E-state index < -0.39 is 53.9 Å². The summed E-state index contributed by atoms with van der Waals surface area (Å²) in [6, 6.07) is -0.811. The lowest BCUT2D eigenvalue weighted by molar-refractivity contribution is -0.0900. The molecule has 8 atom stereocenters. The Bertz CT molecular complexity index is 775. The van der Waals surface area contributed by atoms with Crippen molar-refractivity contribution >= 4 is 23.7 Å². The number of anilines is 1. The van der Waals surface area contributed by atoms with E-state index in [1.807, 2.05) is 0 Å². The van der Waals surface area contributed by atoms with Crippen LogP contribution in [0.1, 0.15) is 0 Å². The van der Waals surface area contributed by atoms with E-state index in [1.54, 1.807) is 6.08 Å².